The van der Waals surface area contributed by atoms with Crippen LogP contribution in [0.15, 0.2) is 24.3 Å². The Kier molecular flexibility index (Phi) is 5.47. The van der Waals surface area contributed by atoms with Crippen molar-refractivity contribution in [1.29, 1.82) is 0 Å². The molecule has 0 aliphatic heterocycles. The number of halogens is 1. The van der Waals surface area contributed by atoms with E-state index in [1.54, 1.807) is 12.1 Å². The maximum Gasteiger partial charge on any atom is 0.126 e. The van der Waals surface area contributed by atoms with Crippen LogP contribution in [0.4, 0.5) is 4.39 Å². The summed E-state index contributed by atoms with van der Waals surface area (Å²) in [5, 5.41) is 9.30. The summed E-state index contributed by atoms with van der Waals surface area (Å²) in [7, 11) is 0. The number of rotatable bonds is 6. The summed E-state index contributed by atoms with van der Waals surface area (Å²) in [6.45, 7) is 4.38. The maximum absolute atomic E-state index is 13.5. The second-order valence-corrected chi connectivity index (χ2v) is 4.73. The fraction of sp³-hybridized carbons (Fsp3) is 0.571. The molecule has 1 rings (SSSR count). The summed E-state index contributed by atoms with van der Waals surface area (Å²) in [6, 6.07) is 6.73. The van der Waals surface area contributed by atoms with Gasteiger partial charge in [-0.3, -0.25) is 0 Å². The average molecular weight is 224 g/mol. The topological polar surface area (TPSA) is 20.2 Å². The zero-order valence-corrected chi connectivity index (χ0v) is 10.1. The van der Waals surface area contributed by atoms with Crippen molar-refractivity contribution < 1.29 is 9.50 Å². The van der Waals surface area contributed by atoms with Crippen molar-refractivity contribution in [2.24, 2.45) is 5.92 Å². The van der Waals surface area contributed by atoms with Crippen molar-refractivity contribution in [2.45, 2.75) is 39.0 Å². The molecule has 90 valence electrons. The second-order valence-electron chi connectivity index (χ2n) is 4.73. The monoisotopic (exact) mass is 224 g/mol. The second kappa shape index (κ2) is 6.64. The maximum atomic E-state index is 13.5. The van der Waals surface area contributed by atoms with Gasteiger partial charge in [0.25, 0.3) is 0 Å². The van der Waals surface area contributed by atoms with Gasteiger partial charge < -0.3 is 5.11 Å². The van der Waals surface area contributed by atoms with Crippen molar-refractivity contribution >= 4 is 0 Å². The van der Waals surface area contributed by atoms with Gasteiger partial charge in [0.1, 0.15) is 5.82 Å². The molecule has 0 saturated carbocycles. The number of hydrogen-bond donors (Lipinski definition) is 1. The van der Waals surface area contributed by atoms with E-state index in [2.05, 4.69) is 13.8 Å². The molecule has 0 heterocycles. The summed E-state index contributed by atoms with van der Waals surface area (Å²) in [6.07, 6.45) is 3.03. The van der Waals surface area contributed by atoms with E-state index in [1.807, 2.05) is 6.07 Å². The van der Waals surface area contributed by atoms with E-state index in [-0.39, 0.29) is 18.3 Å². The molecule has 0 bridgehead atoms. The molecule has 1 nitrogen and oxygen atoms in total. The Balaban J connectivity index is 2.57. The SMILES string of the molecule is CC(C)CCCC(CO)c1ccccc1F. The predicted octanol–water partition coefficient (Wildman–Crippen LogP) is 3.73. The lowest BCUT2D eigenvalue weighted by Gasteiger charge is -2.15. The van der Waals surface area contributed by atoms with Gasteiger partial charge >= 0.3 is 0 Å². The highest BCUT2D eigenvalue weighted by Gasteiger charge is 2.14. The van der Waals surface area contributed by atoms with Crippen molar-refractivity contribution in [3.63, 3.8) is 0 Å². The van der Waals surface area contributed by atoms with Crippen LogP contribution in [-0.4, -0.2) is 11.7 Å². The van der Waals surface area contributed by atoms with Crippen molar-refractivity contribution in [3.8, 4) is 0 Å². The minimum Gasteiger partial charge on any atom is -0.396 e. The third kappa shape index (κ3) is 3.93. The van der Waals surface area contributed by atoms with Crippen LogP contribution in [0.2, 0.25) is 0 Å². The Morgan fingerprint density at radius 3 is 2.44 bits per heavy atom. The van der Waals surface area contributed by atoms with Crippen LogP contribution in [0, 0.1) is 11.7 Å². The van der Waals surface area contributed by atoms with Crippen LogP contribution < -0.4 is 0 Å². The molecule has 0 fully saturated rings. The van der Waals surface area contributed by atoms with Gasteiger partial charge in [-0.05, 0) is 24.0 Å². The molecule has 1 aromatic rings. The van der Waals surface area contributed by atoms with Gasteiger partial charge in [0.15, 0.2) is 0 Å². The fourth-order valence-electron chi connectivity index (χ4n) is 1.92. The number of hydrogen-bond acceptors (Lipinski definition) is 1. The lowest BCUT2D eigenvalue weighted by Crippen LogP contribution is -2.07. The van der Waals surface area contributed by atoms with Gasteiger partial charge in [-0.1, -0.05) is 44.9 Å². The first-order chi connectivity index (χ1) is 7.65. The Morgan fingerprint density at radius 1 is 1.19 bits per heavy atom. The van der Waals surface area contributed by atoms with Gasteiger partial charge in [-0.15, -0.1) is 0 Å². The zero-order valence-electron chi connectivity index (χ0n) is 10.1. The Bertz CT molecular complexity index is 309. The first-order valence-electron chi connectivity index (χ1n) is 6.00. The first-order valence-corrected chi connectivity index (χ1v) is 6.00. The highest BCUT2D eigenvalue weighted by atomic mass is 19.1. The van der Waals surface area contributed by atoms with Crippen molar-refractivity contribution in [3.05, 3.63) is 35.6 Å². The van der Waals surface area contributed by atoms with Crippen LogP contribution in [0.5, 0.6) is 0 Å². The fourth-order valence-corrected chi connectivity index (χ4v) is 1.92. The van der Waals surface area contributed by atoms with Crippen molar-refractivity contribution in [2.75, 3.05) is 6.61 Å². The van der Waals surface area contributed by atoms with Gasteiger partial charge in [-0.2, -0.15) is 0 Å². The van der Waals surface area contributed by atoms with E-state index in [0.29, 0.717) is 11.5 Å². The minimum absolute atomic E-state index is 0.0268. The van der Waals surface area contributed by atoms with E-state index < -0.39 is 0 Å². The molecule has 0 aromatic heterocycles. The molecule has 2 heteroatoms. The van der Waals surface area contributed by atoms with E-state index in [0.717, 1.165) is 19.3 Å². The summed E-state index contributed by atoms with van der Waals surface area (Å²) >= 11 is 0. The molecule has 0 radical (unpaired) electrons. The molecular weight excluding hydrogens is 203 g/mol. The molecule has 1 N–H and O–H groups in total. The number of aliphatic hydroxyl groups is 1. The van der Waals surface area contributed by atoms with Gasteiger partial charge in [0.05, 0.1) is 6.61 Å². The van der Waals surface area contributed by atoms with E-state index in [9.17, 15) is 9.50 Å². The molecule has 0 aliphatic rings. The molecule has 1 atom stereocenters. The smallest absolute Gasteiger partial charge is 0.126 e. The molecule has 0 saturated heterocycles. The number of aliphatic hydroxyl groups excluding tert-OH is 1. The van der Waals surface area contributed by atoms with Gasteiger partial charge in [-0.25, -0.2) is 4.39 Å². The lowest BCUT2D eigenvalue weighted by molar-refractivity contribution is 0.252. The molecule has 1 unspecified atom stereocenters. The first kappa shape index (κ1) is 13.2. The van der Waals surface area contributed by atoms with Crippen LogP contribution in [-0.2, 0) is 0 Å². The predicted molar refractivity (Wildman–Crippen MR) is 64.9 cm³/mol. The van der Waals surface area contributed by atoms with Gasteiger partial charge in [0.2, 0.25) is 0 Å². The molecule has 0 amide bonds. The Labute approximate surface area is 97.3 Å². The largest absolute Gasteiger partial charge is 0.396 e. The van der Waals surface area contributed by atoms with E-state index >= 15 is 0 Å². The standard InChI is InChI=1S/C14H21FO/c1-11(2)6-5-7-12(10-16)13-8-3-4-9-14(13)15/h3-4,8-9,11-12,16H,5-7,10H2,1-2H3. The van der Waals surface area contributed by atoms with Gasteiger partial charge in [0, 0.05) is 5.92 Å². The van der Waals surface area contributed by atoms with Crippen LogP contribution in [0.3, 0.4) is 0 Å². The molecular formula is C14H21FO. The summed E-state index contributed by atoms with van der Waals surface area (Å²) in [4.78, 5) is 0. The van der Waals surface area contributed by atoms with Crippen LogP contribution in [0.25, 0.3) is 0 Å². The van der Waals surface area contributed by atoms with E-state index in [4.69, 9.17) is 0 Å². The Morgan fingerprint density at radius 2 is 1.88 bits per heavy atom. The minimum atomic E-state index is -0.203. The third-order valence-corrected chi connectivity index (χ3v) is 2.90. The zero-order chi connectivity index (χ0) is 12.0. The summed E-state index contributed by atoms with van der Waals surface area (Å²) in [5.74, 6) is 0.408. The summed E-state index contributed by atoms with van der Waals surface area (Å²) < 4.78 is 13.5. The Hall–Kier alpha value is -0.890. The molecule has 0 aliphatic carbocycles. The molecule has 16 heavy (non-hydrogen) atoms. The third-order valence-electron chi connectivity index (χ3n) is 2.90. The number of benzene rings is 1. The highest BCUT2D eigenvalue weighted by Crippen LogP contribution is 2.24. The van der Waals surface area contributed by atoms with Crippen molar-refractivity contribution in [1.82, 2.24) is 0 Å². The molecule has 0 spiro atoms. The normalized spacial score (nSPS) is 13.1. The summed E-state index contributed by atoms with van der Waals surface area (Å²) in [5.41, 5.74) is 0.647. The average Bonchev–Trinajstić information content (AvgIpc) is 2.25. The highest BCUT2D eigenvalue weighted by molar-refractivity contribution is 5.21. The quantitative estimate of drug-likeness (QED) is 0.780. The molecule has 1 aromatic carbocycles. The van der Waals surface area contributed by atoms with Crippen LogP contribution in [0.1, 0.15) is 44.6 Å². The van der Waals surface area contributed by atoms with Crippen LogP contribution >= 0.6 is 0 Å². The lowest BCUT2D eigenvalue weighted by atomic mass is 9.92. The van der Waals surface area contributed by atoms with E-state index in [1.165, 1.54) is 6.07 Å².